The number of hydrogen-bond acceptors (Lipinski definition) is 5. The predicted molar refractivity (Wildman–Crippen MR) is 52.9 cm³/mol. The third kappa shape index (κ3) is 3.88. The minimum absolute atomic E-state index is 0.140. The van der Waals surface area contributed by atoms with Gasteiger partial charge in [0.25, 0.3) is 11.8 Å². The topological polar surface area (TPSA) is 119 Å². The molecule has 0 atom stereocenters. The zero-order valence-corrected chi connectivity index (χ0v) is 8.45. The van der Waals surface area contributed by atoms with E-state index < -0.39 is 24.3 Å². The lowest BCUT2D eigenvalue weighted by Crippen LogP contribution is -2.48. The van der Waals surface area contributed by atoms with Crippen molar-refractivity contribution >= 4 is 17.7 Å². The Morgan fingerprint density at radius 2 is 1.93 bits per heavy atom. The SMILES string of the molecule is C=C(C)C(=O)N(CC(=O)NN)C(=O)CN. The standard InChI is InChI=1S/C8H14N4O3/c1-5(2)8(15)12(7(14)3-9)4-6(13)11-10/h1,3-4,9-10H2,2H3,(H,11,13). The molecule has 0 aromatic carbocycles. The lowest BCUT2D eigenvalue weighted by molar-refractivity contribution is -0.145. The van der Waals surface area contributed by atoms with Crippen molar-refractivity contribution in [2.75, 3.05) is 13.1 Å². The summed E-state index contributed by atoms with van der Waals surface area (Å²) >= 11 is 0. The third-order valence-corrected chi connectivity index (χ3v) is 1.55. The van der Waals surface area contributed by atoms with Crippen molar-refractivity contribution in [3.63, 3.8) is 0 Å². The average Bonchev–Trinajstić information content (AvgIpc) is 2.23. The summed E-state index contributed by atoms with van der Waals surface area (Å²) in [6, 6.07) is 0. The fraction of sp³-hybridized carbons (Fsp3) is 0.375. The second kappa shape index (κ2) is 5.89. The first kappa shape index (κ1) is 13.3. The Morgan fingerprint density at radius 3 is 2.27 bits per heavy atom. The minimum atomic E-state index is -0.661. The Bertz CT molecular complexity index is 300. The van der Waals surface area contributed by atoms with Gasteiger partial charge >= 0.3 is 0 Å². The molecule has 0 spiro atoms. The molecule has 0 unspecified atom stereocenters. The first-order chi connectivity index (χ1) is 6.93. The number of amides is 3. The summed E-state index contributed by atoms with van der Waals surface area (Å²) in [5, 5.41) is 0. The van der Waals surface area contributed by atoms with Crippen molar-refractivity contribution in [1.29, 1.82) is 0 Å². The van der Waals surface area contributed by atoms with Crippen LogP contribution in [0.15, 0.2) is 12.2 Å². The highest BCUT2D eigenvalue weighted by Gasteiger charge is 2.22. The largest absolute Gasteiger partial charge is 0.322 e. The van der Waals surface area contributed by atoms with Gasteiger partial charge in [-0.3, -0.25) is 24.7 Å². The summed E-state index contributed by atoms with van der Waals surface area (Å²) in [7, 11) is 0. The highest BCUT2D eigenvalue weighted by atomic mass is 16.2. The number of nitrogens with one attached hydrogen (secondary N) is 1. The zero-order valence-electron chi connectivity index (χ0n) is 8.45. The summed E-state index contributed by atoms with van der Waals surface area (Å²) in [5.41, 5.74) is 7.05. The highest BCUT2D eigenvalue weighted by Crippen LogP contribution is 1.98. The molecule has 0 radical (unpaired) electrons. The van der Waals surface area contributed by atoms with E-state index in [1.165, 1.54) is 6.92 Å². The van der Waals surface area contributed by atoms with E-state index in [0.717, 1.165) is 0 Å². The van der Waals surface area contributed by atoms with E-state index in [2.05, 4.69) is 6.58 Å². The van der Waals surface area contributed by atoms with Crippen LogP contribution in [0.5, 0.6) is 0 Å². The van der Waals surface area contributed by atoms with E-state index in [1.807, 2.05) is 5.43 Å². The van der Waals surface area contributed by atoms with Gasteiger partial charge in [-0.2, -0.15) is 0 Å². The van der Waals surface area contributed by atoms with Gasteiger partial charge in [-0.05, 0) is 6.92 Å². The lowest BCUT2D eigenvalue weighted by atomic mass is 10.3. The highest BCUT2D eigenvalue weighted by molar-refractivity contribution is 6.06. The van der Waals surface area contributed by atoms with Crippen molar-refractivity contribution in [1.82, 2.24) is 10.3 Å². The van der Waals surface area contributed by atoms with Crippen LogP contribution in [0.2, 0.25) is 0 Å². The molecule has 0 fully saturated rings. The number of imide groups is 1. The fourth-order valence-corrected chi connectivity index (χ4v) is 0.803. The molecule has 0 aliphatic carbocycles. The molecule has 5 N–H and O–H groups in total. The molecule has 7 nitrogen and oxygen atoms in total. The fourth-order valence-electron chi connectivity index (χ4n) is 0.803. The van der Waals surface area contributed by atoms with Crippen LogP contribution in [0.1, 0.15) is 6.92 Å². The molecule has 0 aromatic heterocycles. The second-order valence-corrected chi connectivity index (χ2v) is 2.84. The van der Waals surface area contributed by atoms with Crippen LogP contribution < -0.4 is 17.0 Å². The average molecular weight is 214 g/mol. The molecule has 0 aliphatic rings. The summed E-state index contributed by atoms with van der Waals surface area (Å²) in [6.07, 6.45) is 0. The first-order valence-corrected chi connectivity index (χ1v) is 4.13. The van der Waals surface area contributed by atoms with E-state index in [9.17, 15) is 14.4 Å². The van der Waals surface area contributed by atoms with E-state index in [4.69, 9.17) is 11.6 Å². The maximum absolute atomic E-state index is 11.4. The molecular formula is C8H14N4O3. The van der Waals surface area contributed by atoms with Crippen molar-refractivity contribution in [3.8, 4) is 0 Å². The molecule has 0 rings (SSSR count). The maximum atomic E-state index is 11.4. The Balaban J connectivity index is 4.73. The van der Waals surface area contributed by atoms with Gasteiger partial charge in [0, 0.05) is 5.57 Å². The monoisotopic (exact) mass is 214 g/mol. The van der Waals surface area contributed by atoms with Crippen LogP contribution in [0.3, 0.4) is 0 Å². The molecule has 7 heteroatoms. The smallest absolute Gasteiger partial charge is 0.256 e. The molecule has 3 amide bonds. The van der Waals surface area contributed by atoms with Gasteiger partial charge in [0.05, 0.1) is 6.54 Å². The second-order valence-electron chi connectivity index (χ2n) is 2.84. The van der Waals surface area contributed by atoms with E-state index in [-0.39, 0.29) is 12.1 Å². The van der Waals surface area contributed by atoms with Crippen molar-refractivity contribution in [2.24, 2.45) is 11.6 Å². The van der Waals surface area contributed by atoms with E-state index in [1.54, 1.807) is 0 Å². The van der Waals surface area contributed by atoms with Crippen LogP contribution in [-0.4, -0.2) is 35.7 Å². The first-order valence-electron chi connectivity index (χ1n) is 4.13. The number of carbonyl (C=O) groups excluding carboxylic acids is 3. The number of nitrogens with zero attached hydrogens (tertiary/aromatic N) is 1. The summed E-state index contributed by atoms with van der Waals surface area (Å²) in [6.45, 7) is 3.98. The van der Waals surface area contributed by atoms with Gasteiger partial charge in [0.2, 0.25) is 5.91 Å². The maximum Gasteiger partial charge on any atom is 0.256 e. The Hall–Kier alpha value is -1.73. The van der Waals surface area contributed by atoms with Crippen LogP contribution >= 0.6 is 0 Å². The van der Waals surface area contributed by atoms with Crippen LogP contribution in [0.25, 0.3) is 0 Å². The van der Waals surface area contributed by atoms with Crippen molar-refractivity contribution < 1.29 is 14.4 Å². The molecule has 0 saturated heterocycles. The molecule has 0 aliphatic heterocycles. The molecule has 0 heterocycles. The summed E-state index contributed by atoms with van der Waals surface area (Å²) in [5.74, 6) is 2.87. The van der Waals surface area contributed by atoms with Crippen molar-refractivity contribution in [2.45, 2.75) is 6.92 Å². The van der Waals surface area contributed by atoms with Crippen LogP contribution in [0.4, 0.5) is 0 Å². The van der Waals surface area contributed by atoms with Gasteiger partial charge in [-0.1, -0.05) is 6.58 Å². The molecule has 0 aromatic rings. The normalized spacial score (nSPS) is 9.27. The Kier molecular flexibility index (Phi) is 5.21. The van der Waals surface area contributed by atoms with Crippen LogP contribution in [0, 0.1) is 0 Å². The quantitative estimate of drug-likeness (QED) is 0.214. The lowest BCUT2D eigenvalue weighted by Gasteiger charge is -2.18. The Morgan fingerprint density at radius 1 is 1.40 bits per heavy atom. The third-order valence-electron chi connectivity index (χ3n) is 1.55. The van der Waals surface area contributed by atoms with E-state index >= 15 is 0 Å². The number of hydrazine groups is 1. The Labute approximate surface area is 87.0 Å². The van der Waals surface area contributed by atoms with Gasteiger partial charge in [0.1, 0.15) is 6.54 Å². The molecule has 0 saturated carbocycles. The molecule has 0 bridgehead atoms. The number of hydrogen-bond donors (Lipinski definition) is 3. The van der Waals surface area contributed by atoms with Gasteiger partial charge in [0.15, 0.2) is 0 Å². The van der Waals surface area contributed by atoms with Crippen LogP contribution in [-0.2, 0) is 14.4 Å². The molecular weight excluding hydrogens is 200 g/mol. The number of carbonyl (C=O) groups is 3. The summed E-state index contributed by atoms with van der Waals surface area (Å²) < 4.78 is 0. The number of rotatable bonds is 4. The minimum Gasteiger partial charge on any atom is -0.322 e. The molecule has 84 valence electrons. The van der Waals surface area contributed by atoms with Gasteiger partial charge < -0.3 is 5.73 Å². The predicted octanol–water partition coefficient (Wildman–Crippen LogP) is -2.13. The van der Waals surface area contributed by atoms with E-state index in [0.29, 0.717) is 4.90 Å². The summed E-state index contributed by atoms with van der Waals surface area (Å²) in [4.78, 5) is 34.3. The zero-order chi connectivity index (χ0) is 12.0. The number of nitrogens with two attached hydrogens (primary N) is 2. The van der Waals surface area contributed by atoms with Gasteiger partial charge in [-0.15, -0.1) is 0 Å². The van der Waals surface area contributed by atoms with Gasteiger partial charge in [-0.25, -0.2) is 5.84 Å². The molecule has 15 heavy (non-hydrogen) atoms. The van der Waals surface area contributed by atoms with Crippen molar-refractivity contribution in [3.05, 3.63) is 12.2 Å².